The monoisotopic (exact) mass is 359 g/mol. The molecule has 1 aromatic rings. The van der Waals surface area contributed by atoms with Crippen LogP contribution in [0, 0.1) is 7.27 Å². The average molecular weight is 359 g/mol. The molecule has 0 unspecified atom stereocenters. The van der Waals surface area contributed by atoms with Gasteiger partial charge in [-0.3, -0.25) is 4.79 Å². The van der Waals surface area contributed by atoms with Crippen molar-refractivity contribution < 1.29 is 4.79 Å². The van der Waals surface area contributed by atoms with Crippen LogP contribution in [-0.2, 0) is 0 Å². The first-order valence-electron chi connectivity index (χ1n) is 2.50. The van der Waals surface area contributed by atoms with Crippen molar-refractivity contribution in [3.05, 3.63) is 25.1 Å². The number of halogens is 2. The van der Waals surface area contributed by atoms with E-state index in [-0.39, 0.29) is 0 Å². The minimum absolute atomic E-state index is 0.660. The predicted molar refractivity (Wildman–Crippen MR) is 55.1 cm³/mol. The molecular weight excluding hydrogens is 356 g/mol. The summed E-state index contributed by atoms with van der Waals surface area (Å²) in [6.45, 7) is 0. The van der Waals surface area contributed by atoms with Crippen LogP contribution in [0.3, 0.4) is 0 Å². The maximum atomic E-state index is 10.3. The lowest BCUT2D eigenvalue weighted by Crippen LogP contribution is -1.90. The topological polar surface area (TPSA) is 30.0 Å². The van der Waals surface area contributed by atoms with Crippen molar-refractivity contribution in [3.63, 3.8) is 0 Å². The zero-order chi connectivity index (χ0) is 7.56. The fourth-order valence-corrected chi connectivity index (χ4v) is 1.42. The molecule has 0 spiro atoms. The number of aromatic nitrogens is 1. The summed E-state index contributed by atoms with van der Waals surface area (Å²) in [5.74, 6) is 0. The molecule has 10 heavy (non-hydrogen) atoms. The van der Waals surface area contributed by atoms with Crippen LogP contribution in [0.15, 0.2) is 12.3 Å². The van der Waals surface area contributed by atoms with Gasteiger partial charge in [-0.15, -0.1) is 0 Å². The third kappa shape index (κ3) is 1.88. The predicted octanol–water partition coefficient (Wildman–Crippen LogP) is 2.10. The Balaban J connectivity index is 3.21. The minimum Gasteiger partial charge on any atom is -0.298 e. The van der Waals surface area contributed by atoms with E-state index in [2.05, 4.69) is 27.6 Å². The highest BCUT2D eigenvalue weighted by Crippen LogP contribution is 2.10. The van der Waals surface area contributed by atoms with Crippen molar-refractivity contribution in [1.29, 1.82) is 0 Å². The van der Waals surface area contributed by atoms with Gasteiger partial charge in [-0.1, -0.05) is 0 Å². The van der Waals surface area contributed by atoms with Gasteiger partial charge in [0.2, 0.25) is 0 Å². The molecule has 2 nitrogen and oxygen atoms in total. The van der Waals surface area contributed by atoms with Crippen molar-refractivity contribution in [2.45, 2.75) is 0 Å². The molecule has 52 valence electrons. The van der Waals surface area contributed by atoms with Crippen LogP contribution < -0.4 is 0 Å². The zero-order valence-corrected chi connectivity index (χ0v) is 9.16. The van der Waals surface area contributed by atoms with Gasteiger partial charge in [0.25, 0.3) is 0 Å². The van der Waals surface area contributed by atoms with E-state index in [1.807, 2.05) is 28.7 Å². The van der Waals surface area contributed by atoms with Gasteiger partial charge < -0.3 is 0 Å². The lowest BCUT2D eigenvalue weighted by atomic mass is 10.3. The number of aldehydes is 1. The van der Waals surface area contributed by atoms with Crippen LogP contribution in [-0.4, -0.2) is 11.3 Å². The van der Waals surface area contributed by atoms with Gasteiger partial charge in [0.1, 0.15) is 3.70 Å². The number of hydrogen-bond donors (Lipinski definition) is 0. The summed E-state index contributed by atoms with van der Waals surface area (Å²) in [5.41, 5.74) is 0.660. The van der Waals surface area contributed by atoms with E-state index in [1.165, 1.54) is 0 Å². The maximum absolute atomic E-state index is 10.3. The second-order valence-corrected chi connectivity index (χ2v) is 3.92. The van der Waals surface area contributed by atoms with Gasteiger partial charge in [-0.2, -0.15) is 0 Å². The molecule has 0 bridgehead atoms. The smallest absolute Gasteiger partial charge is 0.152 e. The van der Waals surface area contributed by atoms with Gasteiger partial charge >= 0.3 is 0 Å². The molecule has 0 saturated heterocycles. The molecule has 0 aliphatic carbocycles. The molecule has 1 heterocycles. The Morgan fingerprint density at radius 2 is 2.20 bits per heavy atom. The van der Waals surface area contributed by atoms with Crippen molar-refractivity contribution in [3.8, 4) is 0 Å². The Labute approximate surface area is 85.7 Å². The normalized spacial score (nSPS) is 9.40. The quantitative estimate of drug-likeness (QED) is 0.437. The summed E-state index contributed by atoms with van der Waals surface area (Å²) in [6, 6.07) is 1.81. The molecule has 0 amide bonds. The van der Waals surface area contributed by atoms with Gasteiger partial charge in [-0.05, 0) is 51.2 Å². The number of nitrogens with zero attached hydrogens (tertiary/aromatic N) is 1. The lowest BCUT2D eigenvalue weighted by molar-refractivity contribution is 0.112. The Morgan fingerprint density at radius 3 is 2.70 bits per heavy atom. The highest BCUT2D eigenvalue weighted by Gasteiger charge is 1.98. The van der Waals surface area contributed by atoms with Gasteiger partial charge in [-0.25, -0.2) is 4.98 Å². The van der Waals surface area contributed by atoms with E-state index in [4.69, 9.17) is 0 Å². The largest absolute Gasteiger partial charge is 0.298 e. The van der Waals surface area contributed by atoms with E-state index in [0.29, 0.717) is 5.56 Å². The second-order valence-electron chi connectivity index (χ2n) is 1.65. The molecule has 0 aliphatic rings. The highest BCUT2D eigenvalue weighted by atomic mass is 127. The standard InChI is InChI=1S/C6H3I2NO/c7-5-1-4(3-10)6(8)9-2-5/h1-3H. The van der Waals surface area contributed by atoms with E-state index in [0.717, 1.165) is 13.6 Å². The van der Waals surface area contributed by atoms with Crippen LogP contribution in [0.5, 0.6) is 0 Å². The Kier molecular flexibility index (Phi) is 3.02. The first-order chi connectivity index (χ1) is 4.74. The van der Waals surface area contributed by atoms with Crippen molar-refractivity contribution in [2.24, 2.45) is 0 Å². The minimum atomic E-state index is 0.660. The van der Waals surface area contributed by atoms with Gasteiger partial charge in [0, 0.05) is 15.3 Å². The molecule has 1 rings (SSSR count). The van der Waals surface area contributed by atoms with Gasteiger partial charge in [0.05, 0.1) is 0 Å². The van der Waals surface area contributed by atoms with E-state index >= 15 is 0 Å². The molecule has 0 N–H and O–H groups in total. The Hall–Kier alpha value is 0.280. The SMILES string of the molecule is O=Cc1cc(I)cnc1I. The van der Waals surface area contributed by atoms with Crippen molar-refractivity contribution in [1.82, 2.24) is 4.98 Å². The van der Waals surface area contributed by atoms with Crippen molar-refractivity contribution in [2.75, 3.05) is 0 Å². The third-order valence-electron chi connectivity index (χ3n) is 0.960. The molecule has 0 atom stereocenters. The fourth-order valence-electron chi connectivity index (χ4n) is 0.521. The third-order valence-corrected chi connectivity index (χ3v) is 2.45. The number of hydrogen-bond acceptors (Lipinski definition) is 2. The van der Waals surface area contributed by atoms with Crippen LogP contribution in [0.2, 0.25) is 0 Å². The zero-order valence-electron chi connectivity index (χ0n) is 4.84. The van der Waals surface area contributed by atoms with E-state index in [1.54, 1.807) is 6.20 Å². The number of rotatable bonds is 1. The maximum Gasteiger partial charge on any atom is 0.152 e. The number of carbonyl (C=O) groups excluding carboxylic acids is 1. The van der Waals surface area contributed by atoms with Crippen LogP contribution in [0.1, 0.15) is 10.4 Å². The van der Waals surface area contributed by atoms with Crippen LogP contribution in [0.4, 0.5) is 0 Å². The molecule has 4 heteroatoms. The molecule has 0 radical (unpaired) electrons. The summed E-state index contributed by atoms with van der Waals surface area (Å²) in [5, 5.41) is 0. The van der Waals surface area contributed by atoms with Crippen LogP contribution in [0.25, 0.3) is 0 Å². The Morgan fingerprint density at radius 1 is 1.50 bits per heavy atom. The molecule has 0 saturated carbocycles. The first-order valence-corrected chi connectivity index (χ1v) is 4.66. The highest BCUT2D eigenvalue weighted by molar-refractivity contribution is 14.1. The Bertz CT molecular complexity index is 262. The molecule has 0 fully saturated rings. The fraction of sp³-hybridized carbons (Fsp3) is 0. The average Bonchev–Trinajstić information content (AvgIpc) is 1.94. The number of pyridine rings is 1. The van der Waals surface area contributed by atoms with Gasteiger partial charge in [0.15, 0.2) is 6.29 Å². The molecule has 0 aliphatic heterocycles. The molecule has 0 aromatic carbocycles. The second kappa shape index (κ2) is 3.61. The summed E-state index contributed by atoms with van der Waals surface area (Å²) < 4.78 is 1.74. The lowest BCUT2D eigenvalue weighted by Gasteiger charge is -1.93. The molecule has 1 aromatic heterocycles. The summed E-state index contributed by atoms with van der Waals surface area (Å²) in [7, 11) is 0. The molecular formula is C6H3I2NO. The van der Waals surface area contributed by atoms with E-state index < -0.39 is 0 Å². The van der Waals surface area contributed by atoms with Crippen LogP contribution >= 0.6 is 45.2 Å². The summed E-state index contributed by atoms with van der Waals surface area (Å²) in [6.07, 6.45) is 2.55. The van der Waals surface area contributed by atoms with E-state index in [9.17, 15) is 4.79 Å². The summed E-state index contributed by atoms with van der Waals surface area (Å²) in [4.78, 5) is 14.3. The van der Waals surface area contributed by atoms with Crippen molar-refractivity contribution >= 4 is 51.5 Å². The number of carbonyl (C=O) groups is 1. The summed E-state index contributed by atoms with van der Waals surface area (Å²) >= 11 is 4.15. The first kappa shape index (κ1) is 8.38.